The molecule has 2 aromatic rings. The van der Waals surface area contributed by atoms with Gasteiger partial charge >= 0.3 is 5.97 Å². The Hall–Kier alpha value is -2.54. The van der Waals surface area contributed by atoms with Crippen molar-refractivity contribution in [2.24, 2.45) is 0 Å². The highest BCUT2D eigenvalue weighted by molar-refractivity contribution is 6.32. The summed E-state index contributed by atoms with van der Waals surface area (Å²) < 4.78 is 11.5. The van der Waals surface area contributed by atoms with E-state index in [-0.39, 0.29) is 12.1 Å². The molecular formula is C24H27ClN2O4. The number of hydrogen-bond donors (Lipinski definition) is 3. The zero-order valence-electron chi connectivity index (χ0n) is 17.7. The van der Waals surface area contributed by atoms with Crippen LogP contribution in [0.4, 0.5) is 0 Å². The quantitative estimate of drug-likeness (QED) is 0.569. The second kappa shape index (κ2) is 9.30. The van der Waals surface area contributed by atoms with Crippen molar-refractivity contribution < 1.29 is 19.4 Å². The molecule has 2 aliphatic rings. The Bertz CT molecular complexity index is 1000. The van der Waals surface area contributed by atoms with Crippen LogP contribution >= 0.6 is 11.6 Å². The van der Waals surface area contributed by atoms with E-state index in [1.165, 1.54) is 0 Å². The van der Waals surface area contributed by atoms with Crippen LogP contribution in [-0.4, -0.2) is 49.5 Å². The second-order valence-electron chi connectivity index (χ2n) is 8.06. The predicted octanol–water partition coefficient (Wildman–Crippen LogP) is 3.59. The normalized spacial score (nSPS) is 20.5. The van der Waals surface area contributed by atoms with Crippen LogP contribution in [0.2, 0.25) is 5.02 Å². The number of ether oxygens (including phenoxy) is 2. The Kier molecular flexibility index (Phi) is 6.51. The second-order valence-corrected chi connectivity index (χ2v) is 8.47. The molecule has 0 amide bonds. The Morgan fingerprint density at radius 2 is 1.81 bits per heavy atom. The minimum absolute atomic E-state index is 0.162. The third-order valence-electron chi connectivity index (χ3n) is 5.89. The lowest BCUT2D eigenvalue weighted by atomic mass is 9.84. The van der Waals surface area contributed by atoms with Crippen LogP contribution in [0.15, 0.2) is 42.0 Å². The molecule has 2 aromatic carbocycles. The third-order valence-corrected chi connectivity index (χ3v) is 6.19. The smallest absolute Gasteiger partial charge is 0.333 e. The van der Waals surface area contributed by atoms with Crippen molar-refractivity contribution in [3.8, 4) is 11.5 Å². The molecule has 4 rings (SSSR count). The summed E-state index contributed by atoms with van der Waals surface area (Å²) in [6.45, 7) is 6.27. The lowest BCUT2D eigenvalue weighted by Gasteiger charge is -2.38. The average molecular weight is 443 g/mol. The minimum Gasteiger partial charge on any atom is -0.490 e. The number of fused-ring (bicyclic) bond motifs is 2. The van der Waals surface area contributed by atoms with Gasteiger partial charge in [-0.2, -0.15) is 0 Å². The fourth-order valence-electron chi connectivity index (χ4n) is 4.17. The van der Waals surface area contributed by atoms with Crippen molar-refractivity contribution in [3.63, 3.8) is 0 Å². The number of carbonyl (C=O) groups is 1. The molecule has 164 valence electrons. The van der Waals surface area contributed by atoms with Crippen LogP contribution in [0.1, 0.15) is 23.1 Å². The molecule has 0 aromatic heterocycles. The molecule has 0 spiro atoms. The number of nitrogens with one attached hydrogen (secondary N) is 2. The Balaban J connectivity index is 1.38. The highest BCUT2D eigenvalue weighted by Gasteiger charge is 2.35. The summed E-state index contributed by atoms with van der Waals surface area (Å²) in [4.78, 5) is 11.9. The van der Waals surface area contributed by atoms with Crippen LogP contribution in [0.5, 0.6) is 11.5 Å². The summed E-state index contributed by atoms with van der Waals surface area (Å²) in [6, 6.07) is 11.5. The molecular weight excluding hydrogens is 416 g/mol. The SMILES string of the molecule is Cc1cc(Cl)c(OCCOc2ccc(C3=C(C(=O)O)C4CNCC(C3)N4)cc2)cc1C. The summed E-state index contributed by atoms with van der Waals surface area (Å²) in [7, 11) is 0. The molecule has 0 aliphatic carbocycles. The van der Waals surface area contributed by atoms with Gasteiger partial charge in [0.05, 0.1) is 16.6 Å². The topological polar surface area (TPSA) is 79.8 Å². The fraction of sp³-hybridized carbons (Fsp3) is 0.375. The molecule has 31 heavy (non-hydrogen) atoms. The maximum Gasteiger partial charge on any atom is 0.333 e. The van der Waals surface area contributed by atoms with E-state index >= 15 is 0 Å². The summed E-state index contributed by atoms with van der Waals surface area (Å²) in [5, 5.41) is 17.1. The van der Waals surface area contributed by atoms with Crippen LogP contribution < -0.4 is 20.1 Å². The van der Waals surface area contributed by atoms with E-state index in [0.717, 1.165) is 28.8 Å². The largest absolute Gasteiger partial charge is 0.490 e. The molecule has 3 N–H and O–H groups in total. The summed E-state index contributed by atoms with van der Waals surface area (Å²) >= 11 is 6.24. The number of halogens is 1. The number of aliphatic carboxylic acids is 1. The zero-order chi connectivity index (χ0) is 22.0. The highest BCUT2D eigenvalue weighted by atomic mass is 35.5. The molecule has 1 saturated heterocycles. The maximum atomic E-state index is 11.9. The van der Waals surface area contributed by atoms with Crippen molar-refractivity contribution in [1.82, 2.24) is 10.6 Å². The number of benzene rings is 2. The molecule has 2 unspecified atom stereocenters. The van der Waals surface area contributed by atoms with Crippen molar-refractivity contribution in [3.05, 3.63) is 63.7 Å². The van der Waals surface area contributed by atoms with Crippen LogP contribution in [0, 0.1) is 13.8 Å². The van der Waals surface area contributed by atoms with Gasteiger partial charge in [-0.25, -0.2) is 4.79 Å². The van der Waals surface area contributed by atoms with Crippen LogP contribution in [0.3, 0.4) is 0 Å². The first-order valence-corrected chi connectivity index (χ1v) is 10.9. The fourth-order valence-corrected chi connectivity index (χ4v) is 4.44. The van der Waals surface area contributed by atoms with Crippen molar-refractivity contribution >= 4 is 23.1 Å². The van der Waals surface area contributed by atoms with Crippen molar-refractivity contribution in [2.75, 3.05) is 26.3 Å². The monoisotopic (exact) mass is 442 g/mol. The molecule has 1 fully saturated rings. The molecule has 2 heterocycles. The van der Waals surface area contributed by atoms with Crippen LogP contribution in [0.25, 0.3) is 5.57 Å². The summed E-state index contributed by atoms with van der Waals surface area (Å²) in [5.74, 6) is 0.506. The highest BCUT2D eigenvalue weighted by Crippen LogP contribution is 2.32. The number of carboxylic acid groups (broad SMARTS) is 1. The zero-order valence-corrected chi connectivity index (χ0v) is 18.5. The van der Waals surface area contributed by atoms with E-state index in [2.05, 4.69) is 10.6 Å². The van der Waals surface area contributed by atoms with Gasteiger partial charge in [0.15, 0.2) is 0 Å². The molecule has 0 radical (unpaired) electrons. The number of aryl methyl sites for hydroxylation is 2. The number of hydrogen-bond acceptors (Lipinski definition) is 5. The third kappa shape index (κ3) is 4.87. The molecule has 2 aliphatic heterocycles. The van der Waals surface area contributed by atoms with Crippen molar-refractivity contribution in [1.29, 1.82) is 0 Å². The number of carboxylic acids is 1. The van der Waals surface area contributed by atoms with Gasteiger partial charge in [0.25, 0.3) is 0 Å². The van der Waals surface area contributed by atoms with Crippen molar-refractivity contribution in [2.45, 2.75) is 32.4 Å². The summed E-state index contributed by atoms with van der Waals surface area (Å²) in [5.41, 5.74) is 4.55. The van der Waals surface area contributed by atoms with E-state index < -0.39 is 5.97 Å². The van der Waals surface area contributed by atoms with Gasteiger partial charge in [-0.1, -0.05) is 23.7 Å². The first-order valence-electron chi connectivity index (χ1n) is 10.5. The molecule has 2 bridgehead atoms. The first-order chi connectivity index (χ1) is 14.9. The standard InChI is InChI=1S/C24H27ClN2O4/c1-14-9-20(25)22(10-15(14)2)31-8-7-30-18-5-3-16(4-6-18)19-11-17-12-26-13-21(27-17)23(19)24(28)29/h3-6,9-10,17,21,26-27H,7-8,11-13H2,1-2H3,(H,28,29). The van der Waals surface area contributed by atoms with E-state index in [1.807, 2.05) is 50.2 Å². The van der Waals surface area contributed by atoms with E-state index in [0.29, 0.717) is 48.3 Å². The summed E-state index contributed by atoms with van der Waals surface area (Å²) in [6.07, 6.45) is 0.690. The Morgan fingerprint density at radius 3 is 2.55 bits per heavy atom. The van der Waals surface area contributed by atoms with Crippen LogP contribution in [-0.2, 0) is 4.79 Å². The first kappa shape index (κ1) is 21.7. The number of piperazine rings is 1. The Morgan fingerprint density at radius 1 is 1.10 bits per heavy atom. The van der Waals surface area contributed by atoms with Gasteiger partial charge in [-0.05, 0) is 66.8 Å². The molecule has 6 nitrogen and oxygen atoms in total. The lowest BCUT2D eigenvalue weighted by Crippen LogP contribution is -2.58. The van der Waals surface area contributed by atoms with Gasteiger partial charge in [-0.3, -0.25) is 0 Å². The Labute approximate surface area is 187 Å². The predicted molar refractivity (Wildman–Crippen MR) is 121 cm³/mol. The van der Waals surface area contributed by atoms with Gasteiger partial charge in [0.2, 0.25) is 0 Å². The van der Waals surface area contributed by atoms with Gasteiger partial charge < -0.3 is 25.2 Å². The van der Waals surface area contributed by atoms with Gasteiger partial charge in [0.1, 0.15) is 24.7 Å². The van der Waals surface area contributed by atoms with Gasteiger partial charge in [0, 0.05) is 19.1 Å². The average Bonchev–Trinajstić information content (AvgIpc) is 2.74. The van der Waals surface area contributed by atoms with E-state index in [9.17, 15) is 9.90 Å². The minimum atomic E-state index is -0.864. The number of rotatable bonds is 7. The van der Waals surface area contributed by atoms with E-state index in [4.69, 9.17) is 21.1 Å². The lowest BCUT2D eigenvalue weighted by molar-refractivity contribution is -0.133. The molecule has 7 heteroatoms. The molecule has 2 atom stereocenters. The maximum absolute atomic E-state index is 11.9. The van der Waals surface area contributed by atoms with E-state index in [1.54, 1.807) is 0 Å². The van der Waals surface area contributed by atoms with Gasteiger partial charge in [-0.15, -0.1) is 0 Å². The molecule has 0 saturated carbocycles.